The van der Waals surface area contributed by atoms with Gasteiger partial charge in [-0.1, -0.05) is 270 Å². The molecule has 20 heteroatoms. The minimum Gasteiger partial charge on any atom is -0.393 e. The number of aliphatic hydroxyl groups excluding tert-OH is 8. The van der Waals surface area contributed by atoms with Crippen molar-refractivity contribution < 1.29 is 121 Å². The smallest absolute Gasteiger partial charge is 0.106 e. The summed E-state index contributed by atoms with van der Waals surface area (Å²) in [6.45, 7) is 21.7. The summed E-state index contributed by atoms with van der Waals surface area (Å²) in [7, 11) is 0. The van der Waals surface area contributed by atoms with Gasteiger partial charge < -0.3 is 40.9 Å². The molecule has 0 spiro atoms. The van der Waals surface area contributed by atoms with E-state index in [1.165, 1.54) is 82.0 Å². The van der Waals surface area contributed by atoms with E-state index in [0.29, 0.717) is 25.7 Å². The van der Waals surface area contributed by atoms with Gasteiger partial charge in [-0.15, -0.1) is 117 Å². The summed E-state index contributed by atoms with van der Waals surface area (Å²) in [6.07, 6.45) is 5.44. The van der Waals surface area contributed by atoms with Crippen LogP contribution in [0.15, 0.2) is 329 Å². The molecule has 0 fully saturated rings. The Labute approximate surface area is 841 Å². The average Bonchev–Trinajstić information content (AvgIpc) is 0.781. The summed E-state index contributed by atoms with van der Waals surface area (Å²) < 4.78 is 0. The minimum atomic E-state index is -0.375. The SMILES string of the molecule is CC(O)CC(C)O.CC(O)CC(C)O.CC(O)CC(C)O.CC(O)CC(C)O.Cc1cccc(C)c1-c1cc(-c2[c-]cc(-c3ccccc3)cc2)ncn1.Cc1cccc(C)c1-c1cc(-c2[c-]ccc3ccccc23)ncn1.[Ir].[Ir].[Ir].[Ir].[c-]1cc2ccccc2cc1-c1cc(-c2ccc3ccccc3c2)ncn1.[c-]1ccc2ccccc2c1-c1cc(-c2cccc3ccccc23)ncn1. The Balaban J connectivity index is 0.000000220. The van der Waals surface area contributed by atoms with E-state index < -0.39 is 0 Å². The van der Waals surface area contributed by atoms with Crippen molar-refractivity contribution in [2.24, 2.45) is 0 Å². The Morgan fingerprint density at radius 2 is 0.560 bits per heavy atom. The molecule has 0 aliphatic heterocycles. The van der Waals surface area contributed by atoms with Gasteiger partial charge in [0.15, 0.2) is 0 Å². The van der Waals surface area contributed by atoms with Gasteiger partial charge in [0.2, 0.25) is 0 Å². The maximum atomic E-state index is 8.56. The van der Waals surface area contributed by atoms with Crippen molar-refractivity contribution in [3.63, 3.8) is 0 Å². The van der Waals surface area contributed by atoms with Crippen LogP contribution < -0.4 is 0 Å². The molecule has 0 saturated carbocycles. The molecular weight excluding hydrogens is 2380 g/mol. The number of aromatic nitrogens is 8. The Morgan fingerprint density at radius 3 is 1.01 bits per heavy atom. The van der Waals surface area contributed by atoms with Crippen LogP contribution in [0.4, 0.5) is 0 Å². The van der Waals surface area contributed by atoms with Gasteiger partial charge >= 0.3 is 0 Å². The topological polar surface area (TPSA) is 265 Å². The van der Waals surface area contributed by atoms with Crippen LogP contribution in [0.3, 0.4) is 0 Å². The largest absolute Gasteiger partial charge is 0.393 e. The first kappa shape index (κ1) is 110. The van der Waals surface area contributed by atoms with Gasteiger partial charge in [0.05, 0.1) is 71.6 Å². The summed E-state index contributed by atoms with van der Waals surface area (Å²) in [5.74, 6) is 0. The van der Waals surface area contributed by atoms with Crippen molar-refractivity contribution >= 4 is 53.9 Å². The zero-order valence-corrected chi connectivity index (χ0v) is 86.7. The number of benzene rings is 14. The van der Waals surface area contributed by atoms with E-state index >= 15 is 0 Å². The van der Waals surface area contributed by atoms with E-state index in [9.17, 15) is 0 Å². The molecule has 0 amide bonds. The third kappa shape index (κ3) is 32.9. The molecule has 0 saturated heterocycles. The first-order valence-corrected chi connectivity index (χ1v) is 43.8. The Morgan fingerprint density at radius 1 is 0.231 bits per heavy atom. The Hall–Kier alpha value is -11.0. The van der Waals surface area contributed by atoms with Gasteiger partial charge in [-0.3, -0.25) is 19.9 Å². The first-order valence-electron chi connectivity index (χ1n) is 43.8. The van der Waals surface area contributed by atoms with E-state index in [1.807, 2.05) is 91.0 Å². The van der Waals surface area contributed by atoms with E-state index in [0.717, 1.165) is 95.3 Å². The molecule has 4 heterocycles. The second-order valence-electron chi connectivity index (χ2n) is 32.7. The first-order chi connectivity index (χ1) is 62.7. The van der Waals surface area contributed by atoms with Gasteiger partial charge in [0, 0.05) is 103 Å². The Kier molecular flexibility index (Phi) is 45.7. The molecule has 134 heavy (non-hydrogen) atoms. The van der Waals surface area contributed by atoms with Crippen LogP contribution in [0.5, 0.6) is 0 Å². The predicted molar refractivity (Wildman–Crippen MR) is 531 cm³/mol. The van der Waals surface area contributed by atoms with Gasteiger partial charge in [0.1, 0.15) is 25.3 Å². The fourth-order valence-corrected chi connectivity index (χ4v) is 15.2. The molecule has 8 N–H and O–H groups in total. The summed E-state index contributed by atoms with van der Waals surface area (Å²) in [6, 6.07) is 117. The summed E-state index contributed by atoms with van der Waals surface area (Å²) in [5, 5.41) is 80.4. The molecule has 14 aromatic carbocycles. The number of hydrogen-bond acceptors (Lipinski definition) is 16. The normalized spacial score (nSPS) is 12.3. The molecule has 4 radical (unpaired) electrons. The predicted octanol–water partition coefficient (Wildman–Crippen LogP) is 23.7. The second-order valence-corrected chi connectivity index (χ2v) is 32.7. The van der Waals surface area contributed by atoms with Crippen LogP contribution in [0, 0.1) is 52.0 Å². The summed E-state index contributed by atoms with van der Waals surface area (Å²) in [4.78, 5) is 36.0. The number of fused-ring (bicyclic) bond motifs is 5. The Bertz CT molecular complexity index is 6320. The van der Waals surface area contributed by atoms with Gasteiger partial charge in [-0.05, 0) is 181 Å². The fourth-order valence-electron chi connectivity index (χ4n) is 15.2. The third-order valence-corrected chi connectivity index (χ3v) is 21.1. The van der Waals surface area contributed by atoms with Crippen LogP contribution >= 0.6 is 0 Å². The molecule has 0 aliphatic rings. The molecule has 0 aliphatic carbocycles. The van der Waals surface area contributed by atoms with Crippen molar-refractivity contribution in [2.75, 3.05) is 0 Å². The number of aliphatic hydroxyl groups is 8. The van der Waals surface area contributed by atoms with Crippen molar-refractivity contribution in [2.45, 2.75) is 158 Å². The maximum absolute atomic E-state index is 8.56. The number of nitrogens with zero attached hydrogens (tertiary/aromatic N) is 8. The second kappa shape index (κ2) is 55.7. The standard InChI is InChI=1S/2C24H15N2.C24H19N2.C22H17N2.4C5H12O2.4Ir/c1-3-11-19-17(7-1)9-5-13-21(19)23-15-24(26-16-25-23)22-14-6-10-18-8-2-4-12-20(18)22;1-3-7-19-13-21(11-9-17(19)5-1)23-15-24(26-16-25-23)22-12-10-18-6-2-4-8-20(18)14-22;1-17-7-6-8-18(2)24(17)23-15-22(25-16-26-23)21-13-11-20(12-14-21)19-9-4-3-5-10-19;1-15-7-5-8-16(2)22(15)21-13-20(23-14-24-21)19-12-6-10-17-9-3-4-11-18(17)19;4*1-4(6)3-5(2)7;;;;/h1-13,15-16H;1-11,13-16H;3-13,15-16H,1-2H3;3-11,13-14H,1-2H3;4*4-7H,3H2,1-2H3;;;;/q4*-1;;;;;;;;. The molecule has 18 rings (SSSR count). The van der Waals surface area contributed by atoms with Crippen LogP contribution in [0.2, 0.25) is 0 Å². The van der Waals surface area contributed by atoms with Crippen LogP contribution in [-0.4, -0.2) is 130 Å². The van der Waals surface area contributed by atoms with E-state index in [4.69, 9.17) is 40.9 Å². The van der Waals surface area contributed by atoms with E-state index in [-0.39, 0.29) is 129 Å². The van der Waals surface area contributed by atoms with E-state index in [1.54, 1.807) is 80.7 Å². The monoisotopic (exact) mass is 2490 g/mol. The molecule has 16 nitrogen and oxygen atoms in total. The minimum absolute atomic E-state index is 0. The van der Waals surface area contributed by atoms with Crippen LogP contribution in [-0.2, 0) is 80.4 Å². The molecular formula is C114H114Ir4N8O8-4. The van der Waals surface area contributed by atoms with Crippen molar-refractivity contribution in [3.05, 3.63) is 375 Å². The number of aryl methyl sites for hydroxylation is 4. The van der Waals surface area contributed by atoms with Crippen molar-refractivity contribution in [3.8, 4) is 101 Å². The quantitative estimate of drug-likeness (QED) is 0.0394. The van der Waals surface area contributed by atoms with Crippen LogP contribution in [0.1, 0.15) is 103 Å². The number of hydrogen-bond donors (Lipinski definition) is 8. The third-order valence-electron chi connectivity index (χ3n) is 21.1. The van der Waals surface area contributed by atoms with Crippen molar-refractivity contribution in [1.82, 2.24) is 39.9 Å². The molecule has 4 aromatic heterocycles. The molecule has 698 valence electrons. The van der Waals surface area contributed by atoms with E-state index in [2.05, 4.69) is 304 Å². The molecule has 8 unspecified atom stereocenters. The maximum Gasteiger partial charge on any atom is 0.106 e. The zero-order chi connectivity index (χ0) is 92.6. The van der Waals surface area contributed by atoms with Crippen LogP contribution in [0.25, 0.3) is 155 Å². The molecule has 0 bridgehead atoms. The molecule has 8 atom stereocenters. The average molecular weight is 2490 g/mol. The molecule has 18 aromatic rings. The number of rotatable bonds is 17. The summed E-state index contributed by atoms with van der Waals surface area (Å²) >= 11 is 0. The summed E-state index contributed by atoms with van der Waals surface area (Å²) in [5.41, 5.74) is 23.1. The fraction of sp³-hybridized carbons (Fsp3) is 0.211. The van der Waals surface area contributed by atoms with Gasteiger partial charge in [-0.25, -0.2) is 19.9 Å². The van der Waals surface area contributed by atoms with Gasteiger partial charge in [0.25, 0.3) is 0 Å². The van der Waals surface area contributed by atoms with Crippen molar-refractivity contribution in [1.29, 1.82) is 0 Å². The zero-order valence-electron chi connectivity index (χ0n) is 77.1. The van der Waals surface area contributed by atoms with Gasteiger partial charge in [-0.2, -0.15) is 0 Å².